The van der Waals surface area contributed by atoms with Gasteiger partial charge < -0.3 is 82.6 Å². The number of aromatic hydroxyl groups is 1. The number of nitrogens with zero attached hydrogens (tertiary/aromatic N) is 5. The number of benzene rings is 4. The van der Waals surface area contributed by atoms with E-state index in [0.29, 0.717) is 16.7 Å². The second-order valence-electron chi connectivity index (χ2n) is 28.2. The average Bonchev–Trinajstić information content (AvgIpc) is 1.59. The molecule has 14 N–H and O–H groups in total. The van der Waals surface area contributed by atoms with Crippen LogP contribution < -0.4 is 32.7 Å². The smallest absolute Gasteiger partial charge is 0.327 e. The quantitative estimate of drug-likeness (QED) is 0.0565. The van der Waals surface area contributed by atoms with Crippen molar-refractivity contribution >= 4 is 124 Å². The van der Waals surface area contributed by atoms with Crippen LogP contribution in [-0.2, 0) is 62.3 Å². The number of carboxylic acid groups (broad SMARTS) is 5. The largest absolute Gasteiger partial charge is 0.508 e. The maximum Gasteiger partial charge on any atom is 0.327 e. The lowest BCUT2D eigenvalue weighted by atomic mass is 9.94. The second kappa shape index (κ2) is 28.0. The number of hydrogen-bond acceptors (Lipinski definition) is 21. The number of nitrogens with two attached hydrogens (primary N) is 2. The molecule has 13 rings (SSSR count). The highest BCUT2D eigenvalue weighted by molar-refractivity contribution is 8.02. The summed E-state index contributed by atoms with van der Waals surface area (Å²) >= 11 is 5.48. The predicted molar refractivity (Wildman–Crippen MR) is 373 cm³/mol. The number of rotatable bonds is 16. The Morgan fingerprint density at radius 1 is 0.422 bits per heavy atom. The number of nitrogens with one attached hydrogen (secondary N) is 4. The van der Waals surface area contributed by atoms with E-state index in [9.17, 15) is 93.0 Å². The van der Waals surface area contributed by atoms with Crippen molar-refractivity contribution in [2.75, 3.05) is 0 Å². The molecule has 34 heteroatoms. The van der Waals surface area contributed by atoms with Gasteiger partial charge in [-0.2, -0.15) is 0 Å². The summed E-state index contributed by atoms with van der Waals surface area (Å²) in [5.41, 5.74) is 13.5. The standard InChI is InChI=1S/C19H23N3O4S.C17H18N2O6S.C16H19N3O5S.C16H19N3O4S/c1-18(2)13(17(25)26)21-15(24)12(16(21)27-18)22-14(23)11(20-19(22,3)4)10-8-6-5-7-9-10;1-17(2)11(16(24)25)19-13(21)10(14(19)26-17)18-12(20)9(15(22)23)8-6-4-3-5-7-8;1-16(2)11(15(23)24)19-13(22)10(14(19)25-16)18-12(21)9(17)7-3-5-8(20)6-4-7;1-16(2)11(15(22)23)19-13(21)10(14(19)24-16)18-12(20)9(17)8-6-4-3-5-7-8/h5-9,11-13,16,20H,1-4H3,(H,25,26);3-7,9-11,14H,1-2H3,(H,18,20)(H,22,23)(H,24,25);3-6,9-11,14,20H,17H2,1-2H3,(H,18,21)(H,23,24);3-7,9-11,14H,17H2,1-2H3,(H,18,20)(H,22,23)/t11?,12-,13+,16-;9?,10-,11+,14-;2*9-,10-,11+,14-/m1111/s1. The number of aliphatic carboxylic acids is 5. The van der Waals surface area contributed by atoms with Crippen LogP contribution in [0.3, 0.4) is 0 Å². The zero-order valence-electron chi connectivity index (χ0n) is 56.7. The van der Waals surface area contributed by atoms with E-state index < -0.39 is 167 Å². The molecule has 0 spiro atoms. The highest BCUT2D eigenvalue weighted by Gasteiger charge is 2.70. The molecule has 0 aliphatic carbocycles. The van der Waals surface area contributed by atoms with Crippen LogP contribution in [0, 0.1) is 0 Å². The minimum atomic E-state index is -1.44. The summed E-state index contributed by atoms with van der Waals surface area (Å²) in [6, 6.07) is 23.1. The van der Waals surface area contributed by atoms with Gasteiger partial charge in [0.15, 0.2) is 5.92 Å². The van der Waals surface area contributed by atoms with E-state index in [4.69, 9.17) is 11.5 Å². The maximum atomic E-state index is 13.2. The molecule has 0 aromatic heterocycles. The zero-order valence-corrected chi connectivity index (χ0v) is 60.0. The minimum Gasteiger partial charge on any atom is -0.508 e. The van der Waals surface area contributed by atoms with Gasteiger partial charge in [-0.05, 0) is 104 Å². The molecule has 16 atom stereocenters. The van der Waals surface area contributed by atoms with Gasteiger partial charge in [0, 0.05) is 19.0 Å². The minimum absolute atomic E-state index is 0.0606. The normalized spacial score (nSPS) is 29.5. The van der Waals surface area contributed by atoms with E-state index >= 15 is 0 Å². The topological polar surface area (TPSA) is 460 Å². The number of fused-ring (bicyclic) bond motifs is 4. The Labute approximate surface area is 602 Å². The summed E-state index contributed by atoms with van der Waals surface area (Å²) in [5, 5.41) is 65.9. The Hall–Kier alpha value is -8.93. The summed E-state index contributed by atoms with van der Waals surface area (Å²) in [6.07, 6.45) is 0. The van der Waals surface area contributed by atoms with Crippen LogP contribution in [0.4, 0.5) is 0 Å². The Balaban J connectivity index is 0.000000147. The highest BCUT2D eigenvalue weighted by atomic mass is 32.2. The van der Waals surface area contributed by atoms with Crippen LogP contribution in [0.15, 0.2) is 115 Å². The van der Waals surface area contributed by atoms with Crippen molar-refractivity contribution in [2.24, 2.45) is 11.5 Å². The van der Waals surface area contributed by atoms with Crippen LogP contribution >= 0.6 is 47.0 Å². The highest BCUT2D eigenvalue weighted by Crippen LogP contribution is 2.56. The van der Waals surface area contributed by atoms with E-state index in [2.05, 4.69) is 21.3 Å². The zero-order chi connectivity index (χ0) is 75.1. The van der Waals surface area contributed by atoms with Gasteiger partial charge in [-0.3, -0.25) is 48.5 Å². The molecular formula is C68H79N11O19S4. The number of carbonyl (C=O) groups excluding carboxylic acids is 8. The van der Waals surface area contributed by atoms with Crippen molar-refractivity contribution in [3.05, 3.63) is 138 Å². The first-order valence-corrected chi connectivity index (χ1v) is 35.7. The number of hydrogen-bond donors (Lipinski definition) is 12. The second-order valence-corrected chi connectivity index (χ2v) is 35.3. The number of phenolic OH excluding ortho intramolecular Hbond substituents is 1. The van der Waals surface area contributed by atoms with E-state index in [0.717, 1.165) is 5.56 Å². The van der Waals surface area contributed by atoms with E-state index in [1.54, 1.807) is 88.9 Å². The summed E-state index contributed by atoms with van der Waals surface area (Å²) < 4.78 is -2.59. The van der Waals surface area contributed by atoms with Crippen molar-refractivity contribution in [1.29, 1.82) is 0 Å². The van der Waals surface area contributed by atoms with E-state index in [1.165, 1.54) is 103 Å². The molecule has 9 fully saturated rings. The Morgan fingerprint density at radius 3 is 1.09 bits per heavy atom. The molecule has 0 bridgehead atoms. The first-order chi connectivity index (χ1) is 47.6. The summed E-state index contributed by atoms with van der Waals surface area (Å²) in [6.45, 7) is 18.0. The Kier molecular flexibility index (Phi) is 20.8. The van der Waals surface area contributed by atoms with Gasteiger partial charge in [0.2, 0.25) is 47.3 Å². The maximum absolute atomic E-state index is 13.2. The van der Waals surface area contributed by atoms with Gasteiger partial charge in [-0.1, -0.05) is 103 Å². The van der Waals surface area contributed by atoms with E-state index in [1.807, 2.05) is 64.1 Å². The molecule has 9 saturated heterocycles. The summed E-state index contributed by atoms with van der Waals surface area (Å²) in [7, 11) is 0. The molecule has 0 saturated carbocycles. The number of carbonyl (C=O) groups is 13. The first-order valence-electron chi connectivity index (χ1n) is 32.2. The lowest BCUT2D eigenvalue weighted by Gasteiger charge is -2.50. The molecule has 9 heterocycles. The number of phenols is 1. The molecular weight excluding hydrogens is 1400 g/mol. The molecule has 9 aliphatic rings. The Bertz CT molecular complexity index is 4060. The number of thioether (sulfide) groups is 4. The van der Waals surface area contributed by atoms with Crippen molar-refractivity contribution in [2.45, 2.75) is 188 Å². The molecule has 2 unspecified atom stereocenters. The van der Waals surface area contributed by atoms with Crippen molar-refractivity contribution in [1.82, 2.24) is 45.8 Å². The lowest BCUT2D eigenvalue weighted by Crippen LogP contribution is -2.73. The number of amides is 8. The van der Waals surface area contributed by atoms with Gasteiger partial charge in [-0.15, -0.1) is 47.0 Å². The first kappa shape index (κ1) is 75.7. The molecule has 4 aromatic carbocycles. The van der Waals surface area contributed by atoms with Crippen molar-refractivity contribution in [3.8, 4) is 5.75 Å². The molecule has 102 heavy (non-hydrogen) atoms. The Morgan fingerprint density at radius 2 is 0.735 bits per heavy atom. The fraction of sp³-hybridized carbons (Fsp3) is 0.456. The van der Waals surface area contributed by atoms with Gasteiger partial charge in [0.1, 0.15) is 93.7 Å². The van der Waals surface area contributed by atoms with Crippen LogP contribution in [0.25, 0.3) is 0 Å². The predicted octanol–water partition coefficient (Wildman–Crippen LogP) is 2.24. The third-order valence-electron chi connectivity index (χ3n) is 19.2. The summed E-state index contributed by atoms with van der Waals surface area (Å²) in [5.74, 6) is -10.4. The monoisotopic (exact) mass is 1480 g/mol. The third-order valence-corrected chi connectivity index (χ3v) is 25.4. The van der Waals surface area contributed by atoms with Crippen LogP contribution in [0.2, 0.25) is 0 Å². The number of β-lactam (4-membered cyclic amide) rings is 4. The van der Waals surface area contributed by atoms with Crippen molar-refractivity contribution in [3.63, 3.8) is 0 Å². The molecule has 30 nitrogen and oxygen atoms in total. The molecule has 544 valence electrons. The molecule has 8 amide bonds. The SMILES string of the molecule is CC1(C)S[C@@H]2[C@H](N3C(=O)C(c4ccccc4)NC3(C)C)C(=O)N2[C@H]1C(=O)O.CC1(C)S[C@@H]2[C@H](NC(=O)C(C(=O)O)c3ccccc3)C(=O)N2[C@H]1C(=O)O.CC1(C)S[C@@H]2[C@H](NC(=O)[C@H](N)c3ccc(O)cc3)C(=O)N2[C@H]1C(=O)O.CC1(C)S[C@@H]2[C@H](NC(=O)[C@H](N)c3ccccc3)C(=O)N2[C@H]1C(=O)O. The van der Waals surface area contributed by atoms with Gasteiger partial charge in [0.25, 0.3) is 0 Å². The fourth-order valence-electron chi connectivity index (χ4n) is 14.3. The van der Waals surface area contributed by atoms with Gasteiger partial charge in [-0.25, -0.2) is 19.2 Å². The summed E-state index contributed by atoms with van der Waals surface area (Å²) in [4.78, 5) is 165. The fourth-order valence-corrected chi connectivity index (χ4v) is 20.9. The third kappa shape index (κ3) is 13.7. The van der Waals surface area contributed by atoms with Crippen LogP contribution in [-0.4, -0.2) is 227 Å². The lowest BCUT2D eigenvalue weighted by molar-refractivity contribution is -0.170. The average molecular weight is 1480 g/mol. The van der Waals surface area contributed by atoms with Crippen LogP contribution in [0.1, 0.15) is 116 Å². The molecule has 9 aliphatic heterocycles. The van der Waals surface area contributed by atoms with Gasteiger partial charge >= 0.3 is 29.8 Å². The molecule has 0 radical (unpaired) electrons. The molecule has 4 aromatic rings. The van der Waals surface area contributed by atoms with Gasteiger partial charge in [0.05, 0.1) is 5.66 Å². The number of carboxylic acids is 5. The van der Waals surface area contributed by atoms with Crippen molar-refractivity contribution < 1.29 is 93.0 Å². The van der Waals surface area contributed by atoms with Crippen LogP contribution in [0.5, 0.6) is 5.75 Å². The van der Waals surface area contributed by atoms with E-state index in [-0.39, 0.29) is 34.2 Å².